The number of likely N-dealkylation sites (tertiary alicyclic amines) is 1. The fraction of sp³-hybridized carbons (Fsp3) is 0.667. The minimum absolute atomic E-state index is 0.143. The highest BCUT2D eigenvalue weighted by atomic mass is 32.2. The Balaban J connectivity index is 1.77. The SMILES string of the molecule is CCCn1c(CCC(=O)N2CCC(OCC)CC2)nc2cc(S(=O)(=O)N(CC)CC)ccc21. The van der Waals surface area contributed by atoms with Gasteiger partial charge in [0.05, 0.1) is 22.0 Å². The van der Waals surface area contributed by atoms with E-state index in [9.17, 15) is 13.2 Å². The predicted molar refractivity (Wildman–Crippen MR) is 130 cm³/mol. The molecular formula is C24H38N4O4S. The van der Waals surface area contributed by atoms with Crippen molar-refractivity contribution >= 4 is 27.0 Å². The van der Waals surface area contributed by atoms with Crippen LogP contribution < -0.4 is 0 Å². The summed E-state index contributed by atoms with van der Waals surface area (Å²) in [7, 11) is -3.54. The van der Waals surface area contributed by atoms with E-state index in [4.69, 9.17) is 9.72 Å². The largest absolute Gasteiger partial charge is 0.378 e. The first-order valence-electron chi connectivity index (χ1n) is 12.2. The first-order chi connectivity index (χ1) is 15.8. The molecule has 0 bridgehead atoms. The maximum atomic E-state index is 12.9. The summed E-state index contributed by atoms with van der Waals surface area (Å²) in [6.07, 6.45) is 3.90. The van der Waals surface area contributed by atoms with E-state index >= 15 is 0 Å². The number of nitrogens with zero attached hydrogens (tertiary/aromatic N) is 4. The first-order valence-corrected chi connectivity index (χ1v) is 13.7. The zero-order valence-corrected chi connectivity index (χ0v) is 21.2. The molecule has 0 aliphatic carbocycles. The van der Waals surface area contributed by atoms with E-state index in [0.717, 1.165) is 50.2 Å². The Kier molecular flexibility index (Phi) is 8.89. The second-order valence-electron chi connectivity index (χ2n) is 8.46. The van der Waals surface area contributed by atoms with E-state index in [-0.39, 0.29) is 16.9 Å². The lowest BCUT2D eigenvalue weighted by Gasteiger charge is -2.31. The Morgan fingerprint density at radius 1 is 1.15 bits per heavy atom. The zero-order chi connectivity index (χ0) is 24.0. The average Bonchev–Trinajstić information content (AvgIpc) is 3.15. The molecule has 1 aromatic heterocycles. The lowest BCUT2D eigenvalue weighted by Crippen LogP contribution is -2.41. The molecule has 0 radical (unpaired) electrons. The van der Waals surface area contributed by atoms with Crippen LogP contribution in [0.1, 0.15) is 59.2 Å². The van der Waals surface area contributed by atoms with Crippen LogP contribution in [0.2, 0.25) is 0 Å². The van der Waals surface area contributed by atoms with Crippen LogP contribution in [-0.4, -0.2) is 72.0 Å². The molecule has 0 saturated carbocycles. The van der Waals surface area contributed by atoms with Gasteiger partial charge in [-0.1, -0.05) is 20.8 Å². The van der Waals surface area contributed by atoms with Gasteiger partial charge in [-0.05, 0) is 44.4 Å². The van der Waals surface area contributed by atoms with Crippen LogP contribution in [0.25, 0.3) is 11.0 Å². The fourth-order valence-electron chi connectivity index (χ4n) is 4.58. The third kappa shape index (κ3) is 5.75. The summed E-state index contributed by atoms with van der Waals surface area (Å²) in [4.78, 5) is 19.8. The summed E-state index contributed by atoms with van der Waals surface area (Å²) >= 11 is 0. The van der Waals surface area contributed by atoms with Gasteiger partial charge < -0.3 is 14.2 Å². The van der Waals surface area contributed by atoms with Crippen LogP contribution in [0.5, 0.6) is 0 Å². The van der Waals surface area contributed by atoms with Gasteiger partial charge in [-0.2, -0.15) is 4.31 Å². The normalized spacial score (nSPS) is 15.6. The number of piperidine rings is 1. The Morgan fingerprint density at radius 3 is 2.45 bits per heavy atom. The molecule has 2 aromatic rings. The number of aromatic nitrogens is 2. The standard InChI is InChI=1S/C24H38N4O4S/c1-5-15-28-22-10-9-20(33(30,31)27(6-2)7-3)18-21(22)25-23(28)11-12-24(29)26-16-13-19(14-17-26)32-8-4/h9-10,18-19H,5-8,11-17H2,1-4H3. The number of benzene rings is 1. The van der Waals surface area contributed by atoms with Crippen LogP contribution in [0.15, 0.2) is 23.1 Å². The highest BCUT2D eigenvalue weighted by molar-refractivity contribution is 7.89. The highest BCUT2D eigenvalue weighted by Crippen LogP contribution is 2.24. The number of imidazole rings is 1. The van der Waals surface area contributed by atoms with Crippen molar-refractivity contribution in [2.24, 2.45) is 0 Å². The maximum absolute atomic E-state index is 12.9. The maximum Gasteiger partial charge on any atom is 0.243 e. The molecule has 0 N–H and O–H groups in total. The zero-order valence-electron chi connectivity index (χ0n) is 20.4. The van der Waals surface area contributed by atoms with Crippen molar-refractivity contribution in [2.75, 3.05) is 32.8 Å². The second kappa shape index (κ2) is 11.4. The first kappa shape index (κ1) is 25.6. The average molecular weight is 479 g/mol. The van der Waals surface area contributed by atoms with Gasteiger partial charge in [0.2, 0.25) is 15.9 Å². The number of carbonyl (C=O) groups is 1. The third-order valence-corrected chi connectivity index (χ3v) is 8.39. The minimum atomic E-state index is -3.54. The Morgan fingerprint density at radius 2 is 1.85 bits per heavy atom. The summed E-state index contributed by atoms with van der Waals surface area (Å²) in [6.45, 7) is 11.6. The molecule has 0 atom stereocenters. The van der Waals surface area contributed by atoms with Crippen molar-refractivity contribution in [3.8, 4) is 0 Å². The van der Waals surface area contributed by atoms with Gasteiger partial charge in [-0.15, -0.1) is 0 Å². The molecular weight excluding hydrogens is 440 g/mol. The second-order valence-corrected chi connectivity index (χ2v) is 10.4. The molecule has 1 aliphatic rings. The van der Waals surface area contributed by atoms with Gasteiger partial charge in [-0.3, -0.25) is 4.79 Å². The topological polar surface area (TPSA) is 84.7 Å². The predicted octanol–water partition coefficient (Wildman–Crippen LogP) is 3.44. The molecule has 9 heteroatoms. The summed E-state index contributed by atoms with van der Waals surface area (Å²) in [5, 5.41) is 0. The van der Waals surface area contributed by atoms with Crippen LogP contribution in [-0.2, 0) is 32.5 Å². The van der Waals surface area contributed by atoms with Gasteiger partial charge >= 0.3 is 0 Å². The lowest BCUT2D eigenvalue weighted by molar-refractivity contribution is -0.133. The molecule has 1 fully saturated rings. The van der Waals surface area contributed by atoms with Crippen molar-refractivity contribution in [3.63, 3.8) is 0 Å². The van der Waals surface area contributed by atoms with Crippen LogP contribution >= 0.6 is 0 Å². The molecule has 0 unspecified atom stereocenters. The fourth-order valence-corrected chi connectivity index (χ4v) is 6.06. The van der Waals surface area contributed by atoms with Gasteiger partial charge in [0.1, 0.15) is 5.82 Å². The molecule has 1 saturated heterocycles. The number of rotatable bonds is 11. The number of aryl methyl sites for hydroxylation is 2. The van der Waals surface area contributed by atoms with Gasteiger partial charge in [0.25, 0.3) is 0 Å². The number of sulfonamides is 1. The van der Waals surface area contributed by atoms with Crippen molar-refractivity contribution in [1.29, 1.82) is 0 Å². The summed E-state index contributed by atoms with van der Waals surface area (Å²) < 4.78 is 35.1. The van der Waals surface area contributed by atoms with E-state index in [1.807, 2.05) is 31.7 Å². The molecule has 3 rings (SSSR count). The Hall–Kier alpha value is -1.97. The number of fused-ring (bicyclic) bond motifs is 1. The molecule has 33 heavy (non-hydrogen) atoms. The third-order valence-electron chi connectivity index (χ3n) is 6.35. The quantitative estimate of drug-likeness (QED) is 0.494. The summed E-state index contributed by atoms with van der Waals surface area (Å²) in [6, 6.07) is 5.18. The molecule has 184 valence electrons. The molecule has 1 amide bonds. The van der Waals surface area contributed by atoms with Crippen LogP contribution in [0, 0.1) is 0 Å². The van der Waals surface area contributed by atoms with Crippen LogP contribution in [0.3, 0.4) is 0 Å². The van der Waals surface area contributed by atoms with Crippen LogP contribution in [0.4, 0.5) is 0 Å². The number of amides is 1. The van der Waals surface area contributed by atoms with Crippen molar-refractivity contribution in [1.82, 2.24) is 18.8 Å². The van der Waals surface area contributed by atoms with Gasteiger partial charge in [-0.25, -0.2) is 13.4 Å². The summed E-state index contributed by atoms with van der Waals surface area (Å²) in [5.41, 5.74) is 1.58. The lowest BCUT2D eigenvalue weighted by atomic mass is 10.1. The number of ether oxygens (including phenoxy) is 1. The smallest absolute Gasteiger partial charge is 0.243 e. The van der Waals surface area contributed by atoms with E-state index in [0.29, 0.717) is 38.1 Å². The van der Waals surface area contributed by atoms with E-state index in [1.54, 1.807) is 12.1 Å². The number of hydrogen-bond acceptors (Lipinski definition) is 5. The van der Waals surface area contributed by atoms with Crippen molar-refractivity contribution in [3.05, 3.63) is 24.0 Å². The monoisotopic (exact) mass is 478 g/mol. The van der Waals surface area contributed by atoms with Crippen molar-refractivity contribution in [2.45, 2.75) is 77.3 Å². The van der Waals surface area contributed by atoms with E-state index < -0.39 is 10.0 Å². The van der Waals surface area contributed by atoms with Gasteiger partial charge in [0, 0.05) is 52.2 Å². The van der Waals surface area contributed by atoms with Crippen molar-refractivity contribution < 1.29 is 17.9 Å². The molecule has 0 spiro atoms. The highest BCUT2D eigenvalue weighted by Gasteiger charge is 2.25. The molecule has 1 aromatic carbocycles. The van der Waals surface area contributed by atoms with E-state index in [1.165, 1.54) is 4.31 Å². The number of hydrogen-bond donors (Lipinski definition) is 0. The molecule has 8 nitrogen and oxygen atoms in total. The Labute approximate surface area is 198 Å². The van der Waals surface area contributed by atoms with E-state index in [2.05, 4.69) is 11.5 Å². The Bertz CT molecular complexity index is 1040. The van der Waals surface area contributed by atoms with Gasteiger partial charge in [0.15, 0.2) is 0 Å². The minimum Gasteiger partial charge on any atom is -0.378 e. The molecule has 1 aliphatic heterocycles. The number of carbonyl (C=O) groups excluding carboxylic acids is 1. The summed E-state index contributed by atoms with van der Waals surface area (Å²) in [5.74, 6) is 0.978. The molecule has 2 heterocycles.